The second-order valence-corrected chi connectivity index (χ2v) is 11.2. The summed E-state index contributed by atoms with van der Waals surface area (Å²) in [6.07, 6.45) is 2.10. The number of rotatable bonds is 11. The van der Waals surface area contributed by atoms with Crippen molar-refractivity contribution in [2.75, 3.05) is 10.7 Å². The average Bonchev–Trinajstić information content (AvgIpc) is 3.24. The number of para-hydroxylation sites is 3. The van der Waals surface area contributed by atoms with Gasteiger partial charge in [0, 0.05) is 17.9 Å². The molecule has 198 valence electrons. The van der Waals surface area contributed by atoms with Crippen molar-refractivity contribution in [2.45, 2.75) is 63.9 Å². The van der Waals surface area contributed by atoms with Gasteiger partial charge in [0.1, 0.15) is 12.1 Å². The summed E-state index contributed by atoms with van der Waals surface area (Å²) in [7, 11) is 0. The number of esters is 1. The molecular weight excluding hydrogens is 494 g/mol. The molecule has 0 atom stereocenters. The van der Waals surface area contributed by atoms with E-state index in [0.29, 0.717) is 13.0 Å². The fourth-order valence-corrected chi connectivity index (χ4v) is 5.21. The van der Waals surface area contributed by atoms with Crippen molar-refractivity contribution in [2.24, 2.45) is 0 Å². The molecule has 0 aliphatic heterocycles. The fourth-order valence-electron chi connectivity index (χ4n) is 4.19. The van der Waals surface area contributed by atoms with Gasteiger partial charge in [0.25, 0.3) is 0 Å². The number of amides is 1. The van der Waals surface area contributed by atoms with E-state index in [0.717, 1.165) is 46.0 Å². The predicted molar refractivity (Wildman–Crippen MR) is 154 cm³/mol. The molecule has 0 aliphatic carbocycles. The lowest BCUT2D eigenvalue weighted by molar-refractivity contribution is -0.155. The minimum absolute atomic E-state index is 0.113. The zero-order valence-electron chi connectivity index (χ0n) is 22.3. The van der Waals surface area contributed by atoms with Crippen molar-refractivity contribution in [1.29, 1.82) is 0 Å². The van der Waals surface area contributed by atoms with E-state index in [-0.39, 0.29) is 18.4 Å². The van der Waals surface area contributed by atoms with E-state index in [2.05, 4.69) is 0 Å². The number of thioether (sulfide) groups is 1. The highest BCUT2D eigenvalue weighted by atomic mass is 32.2. The first-order valence-corrected chi connectivity index (χ1v) is 14.0. The molecule has 6 nitrogen and oxygen atoms in total. The number of carbonyl (C=O) groups excluding carboxylic acids is 2. The van der Waals surface area contributed by atoms with E-state index in [1.54, 1.807) is 11.8 Å². The highest BCUT2D eigenvalue weighted by Gasteiger charge is 2.20. The van der Waals surface area contributed by atoms with Gasteiger partial charge in [0.05, 0.1) is 17.6 Å². The lowest BCUT2D eigenvalue weighted by Crippen LogP contribution is -2.30. The Hall–Kier alpha value is -3.58. The van der Waals surface area contributed by atoms with Crippen LogP contribution in [0.4, 0.5) is 5.69 Å². The van der Waals surface area contributed by atoms with Gasteiger partial charge in [-0.3, -0.25) is 9.59 Å². The number of hydrogen-bond acceptors (Lipinski definition) is 5. The Balaban J connectivity index is 1.35. The summed E-state index contributed by atoms with van der Waals surface area (Å²) in [4.78, 5) is 32.4. The van der Waals surface area contributed by atoms with Gasteiger partial charge in [0.15, 0.2) is 5.16 Å². The quantitative estimate of drug-likeness (QED) is 0.120. The summed E-state index contributed by atoms with van der Waals surface area (Å²) in [5, 5.41) is 0.790. The maximum Gasteiger partial charge on any atom is 0.326 e. The largest absolute Gasteiger partial charge is 0.459 e. The molecule has 4 aromatic rings. The second-order valence-electron chi connectivity index (χ2n) is 10.2. The molecular formula is C31H35N3O3S. The van der Waals surface area contributed by atoms with Crippen LogP contribution in [-0.4, -0.2) is 32.8 Å². The summed E-state index contributed by atoms with van der Waals surface area (Å²) in [5.41, 5.74) is 3.24. The van der Waals surface area contributed by atoms with Crippen LogP contribution in [0.1, 0.15) is 45.6 Å². The van der Waals surface area contributed by atoms with Gasteiger partial charge >= 0.3 is 5.97 Å². The lowest BCUT2D eigenvalue weighted by Gasteiger charge is -2.23. The average molecular weight is 530 g/mol. The smallest absolute Gasteiger partial charge is 0.326 e. The standard InChI is InChI=1S/C31H35N3O3S/c1-31(2,3)37-29(36)23-34-27-19-11-10-18-26(27)32-30(34)38-21-13-12-20-28(35)33(25-16-8-5-9-17-25)22-24-14-6-4-7-15-24/h4-11,14-19H,12-13,20-23H2,1-3H3. The fraction of sp³-hybridized carbons (Fsp3) is 0.323. The van der Waals surface area contributed by atoms with Gasteiger partial charge in [-0.05, 0) is 63.4 Å². The van der Waals surface area contributed by atoms with Crippen LogP contribution in [0.15, 0.2) is 90.1 Å². The minimum Gasteiger partial charge on any atom is -0.459 e. The van der Waals surface area contributed by atoms with Crippen molar-refractivity contribution in [3.05, 3.63) is 90.5 Å². The molecule has 0 N–H and O–H groups in total. The first-order chi connectivity index (χ1) is 18.3. The Morgan fingerprint density at radius 2 is 1.55 bits per heavy atom. The molecule has 3 aromatic carbocycles. The second kappa shape index (κ2) is 12.8. The monoisotopic (exact) mass is 529 g/mol. The van der Waals surface area contributed by atoms with E-state index in [1.807, 2.05) is 115 Å². The summed E-state index contributed by atoms with van der Waals surface area (Å²) in [6.45, 7) is 6.27. The maximum absolute atomic E-state index is 13.2. The van der Waals surface area contributed by atoms with Crippen molar-refractivity contribution in [1.82, 2.24) is 9.55 Å². The molecule has 0 bridgehead atoms. The molecule has 1 amide bonds. The topological polar surface area (TPSA) is 64.4 Å². The van der Waals surface area contributed by atoms with E-state index in [9.17, 15) is 9.59 Å². The number of benzene rings is 3. The highest BCUT2D eigenvalue weighted by Crippen LogP contribution is 2.26. The van der Waals surface area contributed by atoms with Crippen molar-refractivity contribution >= 4 is 40.4 Å². The van der Waals surface area contributed by atoms with Gasteiger partial charge < -0.3 is 14.2 Å². The highest BCUT2D eigenvalue weighted by molar-refractivity contribution is 7.99. The summed E-state index contributed by atoms with van der Waals surface area (Å²) in [6, 6.07) is 27.7. The predicted octanol–water partition coefficient (Wildman–Crippen LogP) is 6.87. The Labute approximate surface area is 229 Å². The van der Waals surface area contributed by atoms with Gasteiger partial charge in [-0.2, -0.15) is 0 Å². The summed E-state index contributed by atoms with van der Waals surface area (Å²) >= 11 is 1.61. The van der Waals surface area contributed by atoms with Gasteiger partial charge in [-0.1, -0.05) is 72.4 Å². The normalized spacial score (nSPS) is 11.4. The van der Waals surface area contributed by atoms with Crippen LogP contribution in [0.5, 0.6) is 0 Å². The van der Waals surface area contributed by atoms with E-state index >= 15 is 0 Å². The Bertz CT molecular complexity index is 1350. The van der Waals surface area contributed by atoms with Crippen LogP contribution in [0.25, 0.3) is 11.0 Å². The molecule has 0 fully saturated rings. The number of nitrogens with zero attached hydrogens (tertiary/aromatic N) is 3. The SMILES string of the molecule is CC(C)(C)OC(=O)Cn1c(SCCCCC(=O)N(Cc2ccccc2)c2ccccc2)nc2ccccc21. The molecule has 0 saturated heterocycles. The lowest BCUT2D eigenvalue weighted by atomic mass is 10.1. The Kier molecular flexibility index (Phi) is 9.24. The molecule has 0 saturated carbocycles. The van der Waals surface area contributed by atoms with Crippen LogP contribution in [0.3, 0.4) is 0 Å². The molecule has 0 aliphatic rings. The zero-order valence-corrected chi connectivity index (χ0v) is 23.1. The number of ether oxygens (including phenoxy) is 1. The molecule has 1 heterocycles. The number of carbonyl (C=O) groups is 2. The number of unbranched alkanes of at least 4 members (excludes halogenated alkanes) is 1. The van der Waals surface area contributed by atoms with Crippen molar-refractivity contribution in [3.8, 4) is 0 Å². The summed E-state index contributed by atoms with van der Waals surface area (Å²) < 4.78 is 7.47. The maximum atomic E-state index is 13.2. The Morgan fingerprint density at radius 3 is 2.26 bits per heavy atom. The molecule has 0 unspecified atom stereocenters. The molecule has 1 aromatic heterocycles. The first kappa shape index (κ1) is 27.5. The zero-order chi connectivity index (χ0) is 27.0. The van der Waals surface area contributed by atoms with Crippen LogP contribution in [-0.2, 0) is 27.4 Å². The third kappa shape index (κ3) is 7.71. The van der Waals surface area contributed by atoms with Crippen LogP contribution in [0, 0.1) is 0 Å². The van der Waals surface area contributed by atoms with Gasteiger partial charge in [-0.15, -0.1) is 0 Å². The van der Waals surface area contributed by atoms with Crippen LogP contribution < -0.4 is 4.90 Å². The van der Waals surface area contributed by atoms with Crippen LogP contribution >= 0.6 is 11.8 Å². The molecule has 4 rings (SSSR count). The molecule has 0 spiro atoms. The van der Waals surface area contributed by atoms with E-state index in [1.165, 1.54) is 0 Å². The first-order valence-electron chi connectivity index (χ1n) is 13.0. The van der Waals surface area contributed by atoms with E-state index in [4.69, 9.17) is 9.72 Å². The Morgan fingerprint density at radius 1 is 0.895 bits per heavy atom. The summed E-state index contributed by atoms with van der Waals surface area (Å²) in [5.74, 6) is 0.629. The molecule has 0 radical (unpaired) electrons. The van der Waals surface area contributed by atoms with Gasteiger partial charge in [0.2, 0.25) is 5.91 Å². The third-order valence-corrected chi connectivity index (χ3v) is 6.96. The third-order valence-electron chi connectivity index (χ3n) is 5.90. The molecule has 38 heavy (non-hydrogen) atoms. The van der Waals surface area contributed by atoms with Gasteiger partial charge in [-0.25, -0.2) is 4.98 Å². The molecule has 7 heteroatoms. The van der Waals surface area contributed by atoms with Crippen molar-refractivity contribution in [3.63, 3.8) is 0 Å². The van der Waals surface area contributed by atoms with E-state index < -0.39 is 5.60 Å². The number of anilines is 1. The number of hydrogen-bond donors (Lipinski definition) is 0. The number of fused-ring (bicyclic) bond motifs is 1. The van der Waals surface area contributed by atoms with Crippen molar-refractivity contribution < 1.29 is 14.3 Å². The minimum atomic E-state index is -0.540. The number of aromatic nitrogens is 2. The number of imidazole rings is 1. The van der Waals surface area contributed by atoms with Crippen LogP contribution in [0.2, 0.25) is 0 Å².